The minimum Gasteiger partial charge on any atom is -0.351 e. The van der Waals surface area contributed by atoms with Gasteiger partial charge >= 0.3 is 0 Å². The Morgan fingerprint density at radius 1 is 1.35 bits per heavy atom. The standard InChI is InChI=1S/C18H24N6O2/c1-13-5-8-23(22-13)9-6-18(26)24-7-3-4-17(24)16-12-19-10-15(21-16)11-20-14(2)25/h5,8,10,12,17H,3-4,6-7,9,11H2,1-2H3,(H,20,25). The first-order valence-electron chi connectivity index (χ1n) is 8.87. The summed E-state index contributed by atoms with van der Waals surface area (Å²) < 4.78 is 1.80. The van der Waals surface area contributed by atoms with Crippen LogP contribution in [0.25, 0.3) is 0 Å². The lowest BCUT2D eigenvalue weighted by atomic mass is 10.1. The van der Waals surface area contributed by atoms with Gasteiger partial charge in [-0.3, -0.25) is 24.2 Å². The molecular formula is C18H24N6O2. The van der Waals surface area contributed by atoms with Crippen LogP contribution >= 0.6 is 0 Å². The molecule has 0 saturated carbocycles. The Kier molecular flexibility index (Phi) is 5.60. The molecule has 3 rings (SSSR count). The Labute approximate surface area is 152 Å². The molecule has 0 aliphatic carbocycles. The normalized spacial score (nSPS) is 16.7. The van der Waals surface area contributed by atoms with Gasteiger partial charge in [-0.05, 0) is 25.8 Å². The summed E-state index contributed by atoms with van der Waals surface area (Å²) >= 11 is 0. The van der Waals surface area contributed by atoms with Crippen molar-refractivity contribution in [2.75, 3.05) is 6.54 Å². The van der Waals surface area contributed by atoms with Crippen molar-refractivity contribution in [1.82, 2.24) is 30.0 Å². The van der Waals surface area contributed by atoms with E-state index in [0.29, 0.717) is 25.2 Å². The van der Waals surface area contributed by atoms with Crippen LogP contribution in [-0.4, -0.2) is 43.0 Å². The molecule has 2 aromatic rings. The van der Waals surface area contributed by atoms with Gasteiger partial charge in [-0.15, -0.1) is 0 Å². The van der Waals surface area contributed by atoms with Crippen LogP contribution in [-0.2, 0) is 22.7 Å². The molecule has 8 nitrogen and oxygen atoms in total. The number of hydrogen-bond donors (Lipinski definition) is 1. The van der Waals surface area contributed by atoms with Gasteiger partial charge in [0.15, 0.2) is 0 Å². The number of carbonyl (C=O) groups excluding carboxylic acids is 2. The predicted molar refractivity (Wildman–Crippen MR) is 94.8 cm³/mol. The Bertz CT molecular complexity index is 787. The van der Waals surface area contributed by atoms with Crippen molar-refractivity contribution in [3.63, 3.8) is 0 Å². The summed E-state index contributed by atoms with van der Waals surface area (Å²) in [5.74, 6) is -0.00144. The molecule has 26 heavy (non-hydrogen) atoms. The quantitative estimate of drug-likeness (QED) is 0.844. The number of likely N-dealkylation sites (tertiary alicyclic amines) is 1. The summed E-state index contributed by atoms with van der Waals surface area (Å²) in [6.45, 7) is 5.05. The summed E-state index contributed by atoms with van der Waals surface area (Å²) in [4.78, 5) is 34.5. The fraction of sp³-hybridized carbons (Fsp3) is 0.500. The van der Waals surface area contributed by atoms with Crippen LogP contribution in [0.15, 0.2) is 24.7 Å². The lowest BCUT2D eigenvalue weighted by Gasteiger charge is -2.24. The van der Waals surface area contributed by atoms with Gasteiger partial charge in [-0.2, -0.15) is 5.10 Å². The number of nitrogens with one attached hydrogen (secondary N) is 1. The van der Waals surface area contributed by atoms with E-state index in [0.717, 1.165) is 30.8 Å². The number of aryl methyl sites for hydroxylation is 2. The van der Waals surface area contributed by atoms with Crippen molar-refractivity contribution in [2.45, 2.75) is 52.2 Å². The van der Waals surface area contributed by atoms with Crippen molar-refractivity contribution < 1.29 is 9.59 Å². The minimum atomic E-state index is -0.108. The molecule has 1 aliphatic rings. The van der Waals surface area contributed by atoms with E-state index in [9.17, 15) is 9.59 Å². The molecule has 0 spiro atoms. The second-order valence-corrected chi connectivity index (χ2v) is 6.56. The van der Waals surface area contributed by atoms with Crippen molar-refractivity contribution in [3.05, 3.63) is 41.7 Å². The lowest BCUT2D eigenvalue weighted by molar-refractivity contribution is -0.132. The smallest absolute Gasteiger partial charge is 0.225 e. The molecule has 0 aromatic carbocycles. The van der Waals surface area contributed by atoms with Crippen molar-refractivity contribution in [2.24, 2.45) is 0 Å². The maximum Gasteiger partial charge on any atom is 0.225 e. The molecule has 8 heteroatoms. The monoisotopic (exact) mass is 356 g/mol. The first-order valence-corrected chi connectivity index (χ1v) is 8.87. The van der Waals surface area contributed by atoms with Crippen molar-refractivity contribution in [3.8, 4) is 0 Å². The van der Waals surface area contributed by atoms with E-state index < -0.39 is 0 Å². The number of nitrogens with zero attached hydrogens (tertiary/aromatic N) is 5. The van der Waals surface area contributed by atoms with E-state index in [1.54, 1.807) is 17.1 Å². The van der Waals surface area contributed by atoms with Gasteiger partial charge < -0.3 is 10.2 Å². The van der Waals surface area contributed by atoms with Crippen LogP contribution in [0.2, 0.25) is 0 Å². The van der Waals surface area contributed by atoms with E-state index in [1.807, 2.05) is 24.1 Å². The first kappa shape index (κ1) is 18.0. The van der Waals surface area contributed by atoms with Gasteiger partial charge in [0.05, 0.1) is 42.1 Å². The molecule has 1 saturated heterocycles. The van der Waals surface area contributed by atoms with E-state index >= 15 is 0 Å². The van der Waals surface area contributed by atoms with Gasteiger partial charge in [0.2, 0.25) is 11.8 Å². The van der Waals surface area contributed by atoms with Crippen molar-refractivity contribution >= 4 is 11.8 Å². The molecule has 138 valence electrons. The molecular weight excluding hydrogens is 332 g/mol. The summed E-state index contributed by atoms with van der Waals surface area (Å²) in [6.07, 6.45) is 7.49. The SMILES string of the molecule is CC(=O)NCc1cncc(C2CCCN2C(=O)CCn2ccc(C)n2)n1. The largest absolute Gasteiger partial charge is 0.351 e. The molecule has 1 unspecified atom stereocenters. The summed E-state index contributed by atoms with van der Waals surface area (Å²) in [5, 5.41) is 7.04. The predicted octanol–water partition coefficient (Wildman–Crippen LogP) is 1.37. The fourth-order valence-electron chi connectivity index (χ4n) is 3.20. The van der Waals surface area contributed by atoms with Gasteiger partial charge in [0.25, 0.3) is 0 Å². The molecule has 0 radical (unpaired) electrons. The Morgan fingerprint density at radius 3 is 2.92 bits per heavy atom. The second-order valence-electron chi connectivity index (χ2n) is 6.56. The second kappa shape index (κ2) is 8.07. The Balaban J connectivity index is 1.64. The van der Waals surface area contributed by atoms with Gasteiger partial charge in [0, 0.05) is 32.6 Å². The minimum absolute atomic E-state index is 0.0494. The highest BCUT2D eigenvalue weighted by Crippen LogP contribution is 2.31. The van der Waals surface area contributed by atoms with Crippen LogP contribution in [0, 0.1) is 6.92 Å². The summed E-state index contributed by atoms with van der Waals surface area (Å²) in [6, 6.07) is 1.88. The number of amides is 2. The molecule has 0 bridgehead atoms. The average molecular weight is 356 g/mol. The summed E-state index contributed by atoms with van der Waals surface area (Å²) in [7, 11) is 0. The fourth-order valence-corrected chi connectivity index (χ4v) is 3.20. The highest BCUT2D eigenvalue weighted by molar-refractivity contribution is 5.77. The Morgan fingerprint density at radius 2 is 2.19 bits per heavy atom. The summed E-state index contributed by atoms with van der Waals surface area (Å²) in [5.41, 5.74) is 2.43. The third-order valence-electron chi connectivity index (χ3n) is 4.46. The number of aromatic nitrogens is 4. The number of hydrogen-bond acceptors (Lipinski definition) is 5. The number of rotatable bonds is 6. The van der Waals surface area contributed by atoms with Crippen molar-refractivity contribution in [1.29, 1.82) is 0 Å². The zero-order valence-electron chi connectivity index (χ0n) is 15.2. The first-order chi connectivity index (χ1) is 12.5. The lowest BCUT2D eigenvalue weighted by Crippen LogP contribution is -2.32. The average Bonchev–Trinajstić information content (AvgIpc) is 3.27. The maximum absolute atomic E-state index is 12.7. The zero-order chi connectivity index (χ0) is 18.5. The van der Waals surface area contributed by atoms with Crippen LogP contribution in [0.4, 0.5) is 0 Å². The van der Waals surface area contributed by atoms with E-state index in [-0.39, 0.29) is 17.9 Å². The Hall–Kier alpha value is -2.77. The molecule has 1 N–H and O–H groups in total. The molecule has 3 heterocycles. The molecule has 1 fully saturated rings. The topological polar surface area (TPSA) is 93.0 Å². The third kappa shape index (κ3) is 4.44. The molecule has 1 aliphatic heterocycles. The van der Waals surface area contributed by atoms with Crippen LogP contribution < -0.4 is 5.32 Å². The number of carbonyl (C=O) groups is 2. The van der Waals surface area contributed by atoms with Gasteiger partial charge in [-0.1, -0.05) is 0 Å². The third-order valence-corrected chi connectivity index (χ3v) is 4.46. The van der Waals surface area contributed by atoms with Gasteiger partial charge in [-0.25, -0.2) is 0 Å². The molecule has 2 amide bonds. The highest BCUT2D eigenvalue weighted by Gasteiger charge is 2.31. The van der Waals surface area contributed by atoms with Gasteiger partial charge in [0.1, 0.15) is 0 Å². The van der Waals surface area contributed by atoms with E-state index in [2.05, 4.69) is 20.4 Å². The molecule has 1 atom stereocenters. The van der Waals surface area contributed by atoms with E-state index in [4.69, 9.17) is 0 Å². The van der Waals surface area contributed by atoms with Crippen LogP contribution in [0.3, 0.4) is 0 Å². The van der Waals surface area contributed by atoms with Crippen LogP contribution in [0.5, 0.6) is 0 Å². The molecule has 2 aromatic heterocycles. The zero-order valence-corrected chi connectivity index (χ0v) is 15.2. The highest BCUT2D eigenvalue weighted by atomic mass is 16.2. The maximum atomic E-state index is 12.7. The van der Waals surface area contributed by atoms with Crippen LogP contribution in [0.1, 0.15) is 49.3 Å². The van der Waals surface area contributed by atoms with E-state index in [1.165, 1.54) is 6.92 Å².